The van der Waals surface area contributed by atoms with Gasteiger partial charge in [-0.2, -0.15) is 0 Å². The van der Waals surface area contributed by atoms with Crippen molar-refractivity contribution in [3.05, 3.63) is 16.1 Å². The molecule has 22 heavy (non-hydrogen) atoms. The van der Waals surface area contributed by atoms with Crippen LogP contribution in [0, 0.1) is 0 Å². The highest BCUT2D eigenvalue weighted by atomic mass is 32.1. The molecule has 8 heteroatoms. The molecular weight excluding hydrogens is 306 g/mol. The minimum atomic E-state index is -0.469. The van der Waals surface area contributed by atoms with Crippen molar-refractivity contribution in [2.75, 3.05) is 33.4 Å². The summed E-state index contributed by atoms with van der Waals surface area (Å²) in [7, 11) is 1.32. The molecule has 1 heterocycles. The van der Waals surface area contributed by atoms with Crippen LogP contribution in [0.25, 0.3) is 0 Å². The highest BCUT2D eigenvalue weighted by Crippen LogP contribution is 2.13. The molecule has 0 aliphatic heterocycles. The van der Waals surface area contributed by atoms with Crippen LogP contribution < -0.4 is 5.32 Å². The Kier molecular flexibility index (Phi) is 8.46. The van der Waals surface area contributed by atoms with Gasteiger partial charge in [0.2, 0.25) is 0 Å². The van der Waals surface area contributed by atoms with E-state index in [9.17, 15) is 9.59 Å². The number of aromatic nitrogens is 1. The maximum atomic E-state index is 12.1. The first kappa shape index (κ1) is 18.4. The molecule has 1 N–H and O–H groups in total. The average molecular weight is 329 g/mol. The molecule has 2 amide bonds. The van der Waals surface area contributed by atoms with Crippen LogP contribution in [-0.2, 0) is 16.0 Å². The van der Waals surface area contributed by atoms with Crippen molar-refractivity contribution in [3.8, 4) is 0 Å². The van der Waals surface area contributed by atoms with Gasteiger partial charge in [0, 0.05) is 31.7 Å². The molecule has 0 aliphatic rings. The van der Waals surface area contributed by atoms with Crippen LogP contribution in [0.15, 0.2) is 5.38 Å². The lowest BCUT2D eigenvalue weighted by Gasteiger charge is -2.21. The first-order chi connectivity index (χ1) is 10.6. The Labute approximate surface area is 134 Å². The summed E-state index contributed by atoms with van der Waals surface area (Å²) in [6.07, 6.45) is 0.750. The van der Waals surface area contributed by atoms with Crippen molar-refractivity contribution in [1.29, 1.82) is 0 Å². The predicted octanol–water partition coefficient (Wildman–Crippen LogP) is 1.89. The van der Waals surface area contributed by atoms with Gasteiger partial charge in [0.25, 0.3) is 0 Å². The Morgan fingerprint density at radius 2 is 2.18 bits per heavy atom. The summed E-state index contributed by atoms with van der Waals surface area (Å²) in [5.41, 5.74) is 0.271. The minimum Gasteiger partial charge on any atom is -0.464 e. The molecule has 0 fully saturated rings. The maximum Gasteiger partial charge on any atom is 0.357 e. The zero-order valence-electron chi connectivity index (χ0n) is 13.3. The summed E-state index contributed by atoms with van der Waals surface area (Å²) >= 11 is 1.34. The number of nitrogens with one attached hydrogen (secondary N) is 1. The molecule has 0 aromatic carbocycles. The summed E-state index contributed by atoms with van der Waals surface area (Å²) in [6, 6.07) is -0.145. The van der Waals surface area contributed by atoms with E-state index in [1.54, 1.807) is 10.3 Å². The number of methoxy groups -OCH3 is 1. The largest absolute Gasteiger partial charge is 0.464 e. The molecule has 0 unspecified atom stereocenters. The number of ether oxygens (including phenoxy) is 2. The van der Waals surface area contributed by atoms with Gasteiger partial charge in [-0.3, -0.25) is 0 Å². The lowest BCUT2D eigenvalue weighted by atomic mass is 10.4. The summed E-state index contributed by atoms with van der Waals surface area (Å²) < 4.78 is 9.92. The Hall–Kier alpha value is -1.67. The van der Waals surface area contributed by atoms with E-state index in [1.165, 1.54) is 18.4 Å². The van der Waals surface area contributed by atoms with Gasteiger partial charge in [0.15, 0.2) is 5.69 Å². The Morgan fingerprint density at radius 3 is 2.82 bits per heavy atom. The molecule has 1 aromatic heterocycles. The second-order valence-corrected chi connectivity index (χ2v) is 5.37. The van der Waals surface area contributed by atoms with Crippen molar-refractivity contribution in [1.82, 2.24) is 15.2 Å². The van der Waals surface area contributed by atoms with Crippen LogP contribution in [0.2, 0.25) is 0 Å². The molecular formula is C14H23N3O4S. The van der Waals surface area contributed by atoms with E-state index in [4.69, 9.17) is 4.74 Å². The van der Waals surface area contributed by atoms with Crippen LogP contribution in [0.5, 0.6) is 0 Å². The minimum absolute atomic E-state index is 0.145. The fraction of sp³-hybridized carbons (Fsp3) is 0.643. The number of carbonyl (C=O) groups is 2. The van der Waals surface area contributed by atoms with Gasteiger partial charge in [-0.05, 0) is 20.3 Å². The van der Waals surface area contributed by atoms with E-state index in [2.05, 4.69) is 15.0 Å². The standard InChI is InChI=1S/C14H23N3O4S/c1-4-15-14(19)17(7-6-8-21-5-2)9-12-16-11(10-22-12)13(18)20-3/h10H,4-9H2,1-3H3,(H,15,19). The third kappa shape index (κ3) is 5.98. The fourth-order valence-corrected chi connectivity index (χ4v) is 2.54. The number of hydrogen-bond acceptors (Lipinski definition) is 6. The van der Waals surface area contributed by atoms with Crippen molar-refractivity contribution >= 4 is 23.3 Å². The van der Waals surface area contributed by atoms with E-state index in [0.29, 0.717) is 37.9 Å². The zero-order chi connectivity index (χ0) is 16.4. The highest BCUT2D eigenvalue weighted by Gasteiger charge is 2.17. The number of rotatable bonds is 9. The van der Waals surface area contributed by atoms with Crippen molar-refractivity contribution in [3.63, 3.8) is 0 Å². The second-order valence-electron chi connectivity index (χ2n) is 4.43. The average Bonchev–Trinajstić information content (AvgIpc) is 2.98. The molecule has 1 rings (SSSR count). The number of esters is 1. The lowest BCUT2D eigenvalue weighted by molar-refractivity contribution is 0.0594. The van der Waals surface area contributed by atoms with Crippen molar-refractivity contribution in [2.45, 2.75) is 26.8 Å². The van der Waals surface area contributed by atoms with Gasteiger partial charge in [-0.25, -0.2) is 14.6 Å². The first-order valence-electron chi connectivity index (χ1n) is 7.25. The first-order valence-corrected chi connectivity index (χ1v) is 8.13. The molecule has 7 nitrogen and oxygen atoms in total. The smallest absolute Gasteiger partial charge is 0.357 e. The number of thiazole rings is 1. The molecule has 0 aliphatic carbocycles. The van der Waals surface area contributed by atoms with E-state index in [1.807, 2.05) is 13.8 Å². The van der Waals surface area contributed by atoms with Gasteiger partial charge in [0.1, 0.15) is 5.01 Å². The molecule has 0 atom stereocenters. The molecule has 0 radical (unpaired) electrons. The lowest BCUT2D eigenvalue weighted by Crippen LogP contribution is -2.40. The third-order valence-corrected chi connectivity index (χ3v) is 3.64. The topological polar surface area (TPSA) is 80.8 Å². The normalized spacial score (nSPS) is 10.3. The van der Waals surface area contributed by atoms with Crippen LogP contribution >= 0.6 is 11.3 Å². The Morgan fingerprint density at radius 1 is 1.41 bits per heavy atom. The predicted molar refractivity (Wildman–Crippen MR) is 84.0 cm³/mol. The molecule has 0 bridgehead atoms. The fourth-order valence-electron chi connectivity index (χ4n) is 1.76. The summed E-state index contributed by atoms with van der Waals surface area (Å²) in [6.45, 7) is 6.57. The molecule has 1 aromatic rings. The molecule has 0 saturated heterocycles. The van der Waals surface area contributed by atoms with Crippen LogP contribution in [-0.4, -0.2) is 55.3 Å². The third-order valence-electron chi connectivity index (χ3n) is 2.81. The summed E-state index contributed by atoms with van der Waals surface area (Å²) in [4.78, 5) is 29.3. The number of urea groups is 1. The number of carbonyl (C=O) groups excluding carboxylic acids is 2. The highest BCUT2D eigenvalue weighted by molar-refractivity contribution is 7.09. The summed E-state index contributed by atoms with van der Waals surface area (Å²) in [5.74, 6) is -0.469. The Balaban J connectivity index is 2.64. The van der Waals surface area contributed by atoms with E-state index < -0.39 is 5.97 Å². The molecule has 124 valence electrons. The van der Waals surface area contributed by atoms with Crippen LogP contribution in [0.1, 0.15) is 35.8 Å². The van der Waals surface area contributed by atoms with E-state index in [-0.39, 0.29) is 11.7 Å². The second kappa shape index (κ2) is 10.1. The maximum absolute atomic E-state index is 12.1. The van der Waals surface area contributed by atoms with Crippen LogP contribution in [0.4, 0.5) is 4.79 Å². The summed E-state index contributed by atoms with van der Waals surface area (Å²) in [5, 5.41) is 5.11. The quantitative estimate of drug-likeness (QED) is 0.553. The number of amides is 2. The van der Waals surface area contributed by atoms with Crippen molar-refractivity contribution in [2.24, 2.45) is 0 Å². The van der Waals surface area contributed by atoms with Gasteiger partial charge in [0.05, 0.1) is 13.7 Å². The van der Waals surface area contributed by atoms with Crippen molar-refractivity contribution < 1.29 is 19.1 Å². The number of hydrogen-bond donors (Lipinski definition) is 1. The van der Waals surface area contributed by atoms with Gasteiger partial charge < -0.3 is 19.7 Å². The number of nitrogens with zero attached hydrogens (tertiary/aromatic N) is 2. The zero-order valence-corrected chi connectivity index (χ0v) is 14.1. The van der Waals surface area contributed by atoms with Gasteiger partial charge >= 0.3 is 12.0 Å². The van der Waals surface area contributed by atoms with Crippen LogP contribution in [0.3, 0.4) is 0 Å². The molecule has 0 saturated carbocycles. The van der Waals surface area contributed by atoms with E-state index in [0.717, 1.165) is 6.42 Å². The SMILES string of the molecule is CCNC(=O)N(CCCOCC)Cc1nc(C(=O)OC)cs1. The molecule has 0 spiro atoms. The Bertz CT molecular complexity index is 478. The van der Waals surface area contributed by atoms with Gasteiger partial charge in [-0.1, -0.05) is 0 Å². The monoisotopic (exact) mass is 329 g/mol. The van der Waals surface area contributed by atoms with E-state index >= 15 is 0 Å². The van der Waals surface area contributed by atoms with Gasteiger partial charge in [-0.15, -0.1) is 11.3 Å².